The molecule has 6 nitrogen and oxygen atoms in total. The molecule has 0 atom stereocenters. The van der Waals surface area contributed by atoms with E-state index in [2.05, 4.69) is 4.74 Å². The molecule has 0 saturated heterocycles. The van der Waals surface area contributed by atoms with E-state index in [1.807, 2.05) is 0 Å². The van der Waals surface area contributed by atoms with Crippen LogP contribution in [-0.2, 0) is 14.3 Å². The number of ether oxygens (including phenoxy) is 1. The predicted octanol–water partition coefficient (Wildman–Crippen LogP) is -0.323. The van der Waals surface area contributed by atoms with Gasteiger partial charge >= 0.3 is 55.6 Å². The van der Waals surface area contributed by atoms with Crippen molar-refractivity contribution < 1.29 is 24.2 Å². The third kappa shape index (κ3) is 5.31. The Hall–Kier alpha value is -1.37. The molecule has 0 spiro atoms. The molecule has 0 bridgehead atoms. The van der Waals surface area contributed by atoms with Gasteiger partial charge in [0.25, 0.3) is 0 Å². The Morgan fingerprint density at radius 3 is 2.33 bits per heavy atom. The average molecular weight is 277 g/mol. The Balaban J connectivity index is 0.00000289. The van der Waals surface area contributed by atoms with Gasteiger partial charge in [-0.15, -0.1) is 0 Å². The Kier molecular flexibility index (Phi) is 7.26. The molecule has 0 fully saturated rings. The molecule has 1 rings (SSSR count). The SMILES string of the molecule is Nc1ccccc1C(=O)OC(=O)/C=C\C(=O)O.[CaH2]. The van der Waals surface area contributed by atoms with Crippen LogP contribution in [0, 0.1) is 0 Å². The molecule has 0 amide bonds. The molecule has 1 aromatic rings. The summed E-state index contributed by atoms with van der Waals surface area (Å²) in [6, 6.07) is 6.06. The van der Waals surface area contributed by atoms with Gasteiger partial charge in [0.15, 0.2) is 0 Å². The molecule has 3 N–H and O–H groups in total. The third-order valence-corrected chi connectivity index (χ3v) is 1.74. The summed E-state index contributed by atoms with van der Waals surface area (Å²) in [6.45, 7) is 0. The number of para-hydroxylation sites is 1. The molecule has 0 aromatic heterocycles. The fourth-order valence-electron chi connectivity index (χ4n) is 1.00. The molecule has 0 aliphatic heterocycles. The van der Waals surface area contributed by atoms with Gasteiger partial charge in [-0.05, 0) is 12.1 Å². The van der Waals surface area contributed by atoms with Gasteiger partial charge in [-0.3, -0.25) is 0 Å². The number of hydrogen-bond acceptors (Lipinski definition) is 5. The van der Waals surface area contributed by atoms with Crippen molar-refractivity contribution in [3.63, 3.8) is 0 Å². The second kappa shape index (κ2) is 7.86. The molecule has 0 aliphatic rings. The van der Waals surface area contributed by atoms with E-state index in [1.165, 1.54) is 12.1 Å². The minimum atomic E-state index is -1.31. The maximum atomic E-state index is 11.4. The van der Waals surface area contributed by atoms with Gasteiger partial charge in [0, 0.05) is 17.8 Å². The first-order valence-corrected chi connectivity index (χ1v) is 4.52. The van der Waals surface area contributed by atoms with Gasteiger partial charge < -0.3 is 15.6 Å². The van der Waals surface area contributed by atoms with E-state index in [9.17, 15) is 14.4 Å². The predicted molar refractivity (Wildman–Crippen MR) is 66.6 cm³/mol. The number of carbonyl (C=O) groups excluding carboxylic acids is 2. The number of carbonyl (C=O) groups is 3. The van der Waals surface area contributed by atoms with Gasteiger partial charge in [-0.1, -0.05) is 12.1 Å². The van der Waals surface area contributed by atoms with Crippen LogP contribution < -0.4 is 5.73 Å². The van der Waals surface area contributed by atoms with E-state index in [-0.39, 0.29) is 49.0 Å². The number of nitrogen functional groups attached to an aromatic ring is 1. The number of carboxylic acid groups (broad SMARTS) is 1. The summed E-state index contributed by atoms with van der Waals surface area (Å²) in [5, 5.41) is 8.26. The Labute approximate surface area is 132 Å². The molecular formula is C11H11CaNO5. The van der Waals surface area contributed by atoms with E-state index in [4.69, 9.17) is 10.8 Å². The van der Waals surface area contributed by atoms with Crippen LogP contribution >= 0.6 is 0 Å². The first-order valence-electron chi connectivity index (χ1n) is 4.52. The first kappa shape index (κ1) is 16.6. The van der Waals surface area contributed by atoms with Crippen LogP contribution in [0.15, 0.2) is 36.4 Å². The van der Waals surface area contributed by atoms with E-state index >= 15 is 0 Å². The van der Waals surface area contributed by atoms with Gasteiger partial charge in [-0.2, -0.15) is 0 Å². The van der Waals surface area contributed by atoms with Crippen LogP contribution in [0.4, 0.5) is 5.69 Å². The maximum absolute atomic E-state index is 11.4. The van der Waals surface area contributed by atoms with Crippen molar-refractivity contribution in [1.29, 1.82) is 0 Å². The zero-order chi connectivity index (χ0) is 12.8. The quantitative estimate of drug-likeness (QED) is 0.258. The number of carboxylic acids is 1. The normalized spacial score (nSPS) is 9.56. The number of rotatable bonds is 3. The van der Waals surface area contributed by atoms with Crippen molar-refractivity contribution in [1.82, 2.24) is 0 Å². The molecule has 1 aromatic carbocycles. The third-order valence-electron chi connectivity index (χ3n) is 1.74. The Morgan fingerprint density at radius 2 is 1.78 bits per heavy atom. The van der Waals surface area contributed by atoms with Crippen LogP contribution in [-0.4, -0.2) is 60.8 Å². The molecule has 0 heterocycles. The number of anilines is 1. The van der Waals surface area contributed by atoms with E-state index in [0.29, 0.717) is 12.2 Å². The number of benzene rings is 1. The van der Waals surface area contributed by atoms with Crippen molar-refractivity contribution in [3.05, 3.63) is 42.0 Å². The van der Waals surface area contributed by atoms with Crippen LogP contribution in [0.3, 0.4) is 0 Å². The second-order valence-electron chi connectivity index (χ2n) is 2.97. The molecule has 0 radical (unpaired) electrons. The fourth-order valence-corrected chi connectivity index (χ4v) is 1.00. The topological polar surface area (TPSA) is 107 Å². The molecule has 0 saturated carbocycles. The second-order valence-corrected chi connectivity index (χ2v) is 2.97. The van der Waals surface area contributed by atoms with Crippen molar-refractivity contribution in [2.24, 2.45) is 0 Å². The minimum absolute atomic E-state index is 0. The number of aliphatic carboxylic acids is 1. The van der Waals surface area contributed by atoms with Crippen LogP contribution in [0.1, 0.15) is 10.4 Å². The van der Waals surface area contributed by atoms with Gasteiger partial charge in [-0.25, -0.2) is 14.4 Å². The molecule has 0 unspecified atom stereocenters. The van der Waals surface area contributed by atoms with Crippen molar-refractivity contribution in [2.75, 3.05) is 5.73 Å². The van der Waals surface area contributed by atoms with Crippen molar-refractivity contribution in [2.45, 2.75) is 0 Å². The van der Waals surface area contributed by atoms with Crippen molar-refractivity contribution in [3.8, 4) is 0 Å². The summed E-state index contributed by atoms with van der Waals surface area (Å²) in [5.41, 5.74) is 5.71. The molecule has 7 heteroatoms. The summed E-state index contributed by atoms with van der Waals surface area (Å²) in [7, 11) is 0. The molecule has 18 heavy (non-hydrogen) atoms. The van der Waals surface area contributed by atoms with Crippen LogP contribution in [0.2, 0.25) is 0 Å². The summed E-state index contributed by atoms with van der Waals surface area (Å²) in [6.07, 6.45) is 1.21. The monoisotopic (exact) mass is 277 g/mol. The van der Waals surface area contributed by atoms with E-state index in [0.717, 1.165) is 0 Å². The Bertz CT molecular complexity index is 498. The number of nitrogens with two attached hydrogens (primary N) is 1. The Morgan fingerprint density at radius 1 is 1.17 bits per heavy atom. The van der Waals surface area contributed by atoms with E-state index in [1.54, 1.807) is 12.1 Å². The fraction of sp³-hybridized carbons (Fsp3) is 0. The molecular weight excluding hydrogens is 266 g/mol. The van der Waals surface area contributed by atoms with Gasteiger partial charge in [0.1, 0.15) is 0 Å². The zero-order valence-corrected chi connectivity index (χ0v) is 8.62. The summed E-state index contributed by atoms with van der Waals surface area (Å²) >= 11 is 0. The van der Waals surface area contributed by atoms with Crippen molar-refractivity contribution >= 4 is 61.3 Å². The zero-order valence-electron chi connectivity index (χ0n) is 8.62. The van der Waals surface area contributed by atoms with Crippen LogP contribution in [0.25, 0.3) is 0 Å². The van der Waals surface area contributed by atoms with E-state index < -0.39 is 17.9 Å². The number of hydrogen-bond donors (Lipinski definition) is 2. The molecule has 0 aliphatic carbocycles. The van der Waals surface area contributed by atoms with Gasteiger partial charge in [0.05, 0.1) is 5.56 Å². The summed E-state index contributed by atoms with van der Waals surface area (Å²) in [5.74, 6) is -3.31. The summed E-state index contributed by atoms with van der Waals surface area (Å²) in [4.78, 5) is 32.5. The first-order chi connectivity index (χ1) is 8.00. The summed E-state index contributed by atoms with van der Waals surface area (Å²) < 4.78 is 4.36. The standard InChI is InChI=1S/C11H9NO5.Ca.2H/c12-8-4-2-1-3-7(8)11(16)17-10(15)6-5-9(13)14;;;/h1-6H,12H2,(H,13,14);;;/b6-5-;;;. The van der Waals surface area contributed by atoms with Crippen LogP contribution in [0.5, 0.6) is 0 Å². The average Bonchev–Trinajstić information content (AvgIpc) is 2.26. The number of esters is 2. The van der Waals surface area contributed by atoms with Gasteiger partial charge in [0.2, 0.25) is 0 Å². The molecule has 92 valence electrons.